The van der Waals surface area contributed by atoms with Crippen LogP contribution in [-0.2, 0) is 13.1 Å². The summed E-state index contributed by atoms with van der Waals surface area (Å²) in [5.74, 6) is -1.55. The van der Waals surface area contributed by atoms with Crippen molar-refractivity contribution < 1.29 is 13.2 Å². The maximum atomic E-state index is 13.2. The summed E-state index contributed by atoms with van der Waals surface area (Å²) in [6.45, 7) is 3.29. The second-order valence-corrected chi connectivity index (χ2v) is 5.28. The first-order valence-corrected chi connectivity index (χ1v) is 7.22. The second-order valence-electron chi connectivity index (χ2n) is 5.28. The Morgan fingerprint density at radius 3 is 2.91 bits per heavy atom. The number of benzene rings is 1. The normalized spacial score (nSPS) is 12.5. The highest BCUT2D eigenvalue weighted by molar-refractivity contribution is 5.53. The second kappa shape index (κ2) is 6.70. The third-order valence-electron chi connectivity index (χ3n) is 3.37. The van der Waals surface area contributed by atoms with Gasteiger partial charge in [-0.25, -0.2) is 13.8 Å². The minimum atomic E-state index is -0.923. The van der Waals surface area contributed by atoms with Crippen LogP contribution < -0.4 is 5.32 Å². The molecule has 1 atom stereocenters. The van der Waals surface area contributed by atoms with Crippen molar-refractivity contribution in [1.29, 1.82) is 0 Å². The third-order valence-corrected chi connectivity index (χ3v) is 3.37. The molecule has 0 saturated carbocycles. The summed E-state index contributed by atoms with van der Waals surface area (Å²) in [5.41, 5.74) is 1.09. The van der Waals surface area contributed by atoms with Crippen molar-refractivity contribution in [1.82, 2.24) is 20.1 Å². The Kier molecular flexibility index (Phi) is 4.47. The molecule has 1 aromatic carbocycles. The lowest BCUT2D eigenvalue weighted by Crippen LogP contribution is -2.30. The van der Waals surface area contributed by atoms with Crippen LogP contribution in [0, 0.1) is 11.6 Å². The van der Waals surface area contributed by atoms with Gasteiger partial charge >= 0.3 is 0 Å². The minimum Gasteiger partial charge on any atom is -0.444 e. The molecule has 0 spiro atoms. The van der Waals surface area contributed by atoms with Crippen LogP contribution in [0.4, 0.5) is 8.78 Å². The fourth-order valence-corrected chi connectivity index (χ4v) is 2.18. The average molecular weight is 318 g/mol. The van der Waals surface area contributed by atoms with Gasteiger partial charge in [0, 0.05) is 30.5 Å². The van der Waals surface area contributed by atoms with Gasteiger partial charge in [-0.1, -0.05) is 0 Å². The topological polar surface area (TPSA) is 55.9 Å². The van der Waals surface area contributed by atoms with E-state index in [9.17, 15) is 8.78 Å². The largest absolute Gasteiger partial charge is 0.444 e. The van der Waals surface area contributed by atoms with E-state index in [4.69, 9.17) is 4.42 Å². The molecular weight excluding hydrogens is 302 g/mol. The third kappa shape index (κ3) is 3.81. The van der Waals surface area contributed by atoms with Crippen molar-refractivity contribution in [3.8, 4) is 11.5 Å². The Morgan fingerprint density at radius 2 is 2.17 bits per heavy atom. The lowest BCUT2D eigenvalue weighted by molar-refractivity contribution is 0.448. The van der Waals surface area contributed by atoms with Crippen molar-refractivity contribution in [3.05, 3.63) is 60.3 Å². The Balaban J connectivity index is 1.59. The van der Waals surface area contributed by atoms with Crippen molar-refractivity contribution in [2.45, 2.75) is 26.1 Å². The summed E-state index contributed by atoms with van der Waals surface area (Å²) in [7, 11) is 0. The molecule has 0 amide bonds. The van der Waals surface area contributed by atoms with Gasteiger partial charge in [0.05, 0.1) is 12.2 Å². The zero-order valence-electron chi connectivity index (χ0n) is 12.5. The van der Waals surface area contributed by atoms with Gasteiger partial charge in [0.25, 0.3) is 0 Å². The maximum absolute atomic E-state index is 13.2. The van der Waals surface area contributed by atoms with Gasteiger partial charge in [0.2, 0.25) is 5.89 Å². The molecule has 0 fully saturated rings. The smallest absolute Gasteiger partial charge is 0.226 e. The first kappa shape index (κ1) is 15.4. The number of aromatic nitrogens is 3. The van der Waals surface area contributed by atoms with Crippen LogP contribution in [0.3, 0.4) is 0 Å². The molecule has 3 rings (SSSR count). The molecule has 0 bridgehead atoms. The Bertz CT molecular complexity index is 770. The summed E-state index contributed by atoms with van der Waals surface area (Å²) in [4.78, 5) is 4.28. The van der Waals surface area contributed by atoms with E-state index in [0.717, 1.165) is 18.7 Å². The summed E-state index contributed by atoms with van der Waals surface area (Å²) in [5, 5.41) is 7.45. The van der Waals surface area contributed by atoms with Crippen molar-refractivity contribution in [2.75, 3.05) is 0 Å². The monoisotopic (exact) mass is 318 g/mol. The van der Waals surface area contributed by atoms with E-state index in [2.05, 4.69) is 15.4 Å². The quantitative estimate of drug-likeness (QED) is 0.759. The van der Waals surface area contributed by atoms with E-state index in [0.29, 0.717) is 17.8 Å². The van der Waals surface area contributed by atoms with Crippen molar-refractivity contribution in [3.63, 3.8) is 0 Å². The lowest BCUT2D eigenvalue weighted by Gasteiger charge is -2.12. The van der Waals surface area contributed by atoms with Gasteiger partial charge in [0.15, 0.2) is 11.6 Å². The average Bonchev–Trinajstić information content (AvgIpc) is 3.19. The van der Waals surface area contributed by atoms with Gasteiger partial charge in [-0.05, 0) is 31.2 Å². The molecule has 2 aromatic heterocycles. The molecule has 0 unspecified atom stereocenters. The van der Waals surface area contributed by atoms with E-state index >= 15 is 0 Å². The van der Waals surface area contributed by atoms with Crippen LogP contribution in [0.25, 0.3) is 11.5 Å². The van der Waals surface area contributed by atoms with Crippen LogP contribution >= 0.6 is 0 Å². The molecule has 5 nitrogen and oxygen atoms in total. The molecule has 2 heterocycles. The number of rotatable bonds is 6. The highest BCUT2D eigenvalue weighted by atomic mass is 19.2. The maximum Gasteiger partial charge on any atom is 0.226 e. The number of hydrogen-bond acceptors (Lipinski definition) is 4. The molecule has 1 N–H and O–H groups in total. The zero-order chi connectivity index (χ0) is 16.2. The van der Waals surface area contributed by atoms with Crippen molar-refractivity contribution in [2.24, 2.45) is 0 Å². The summed E-state index contributed by atoms with van der Waals surface area (Å²) in [6.07, 6.45) is 5.14. The van der Waals surface area contributed by atoms with E-state index in [1.807, 2.05) is 23.9 Å². The molecule has 0 saturated heterocycles. The van der Waals surface area contributed by atoms with Gasteiger partial charge in [-0.15, -0.1) is 0 Å². The molecule has 0 radical (unpaired) electrons. The number of oxazole rings is 1. The van der Waals surface area contributed by atoms with E-state index in [1.54, 1.807) is 6.20 Å². The predicted octanol–water partition coefficient (Wildman–Crippen LogP) is 2.99. The molecular formula is C16H16F2N4O. The van der Waals surface area contributed by atoms with Crippen molar-refractivity contribution >= 4 is 0 Å². The Labute approximate surface area is 132 Å². The van der Waals surface area contributed by atoms with Crippen LogP contribution in [0.2, 0.25) is 0 Å². The highest BCUT2D eigenvalue weighted by Crippen LogP contribution is 2.20. The number of halogens is 2. The SMILES string of the molecule is C[C@H](Cn1cccn1)NCc1coc(-c2ccc(F)c(F)c2)n1. The van der Waals surface area contributed by atoms with Gasteiger partial charge in [-0.3, -0.25) is 4.68 Å². The van der Waals surface area contributed by atoms with E-state index in [1.165, 1.54) is 12.3 Å². The predicted molar refractivity (Wildman–Crippen MR) is 80.4 cm³/mol. The standard InChI is InChI=1S/C16H16F2N4O/c1-11(9-22-6-2-5-20-22)19-8-13-10-23-16(21-13)12-3-4-14(17)15(18)7-12/h2-7,10-11,19H,8-9H2,1H3/t11-/m1/s1. The highest BCUT2D eigenvalue weighted by Gasteiger charge is 2.11. The summed E-state index contributed by atoms with van der Waals surface area (Å²) in [6, 6.07) is 5.62. The van der Waals surface area contributed by atoms with Gasteiger partial charge < -0.3 is 9.73 Å². The van der Waals surface area contributed by atoms with E-state index < -0.39 is 11.6 Å². The lowest BCUT2D eigenvalue weighted by atomic mass is 10.2. The molecule has 0 aliphatic carbocycles. The molecule has 23 heavy (non-hydrogen) atoms. The number of nitrogens with one attached hydrogen (secondary N) is 1. The van der Waals surface area contributed by atoms with Gasteiger partial charge in [0.1, 0.15) is 6.26 Å². The van der Waals surface area contributed by atoms with Gasteiger partial charge in [-0.2, -0.15) is 5.10 Å². The summed E-state index contributed by atoms with van der Waals surface area (Å²) >= 11 is 0. The van der Waals surface area contributed by atoms with Crippen LogP contribution in [-0.4, -0.2) is 20.8 Å². The Morgan fingerprint density at radius 1 is 1.30 bits per heavy atom. The molecule has 3 aromatic rings. The fraction of sp³-hybridized carbons (Fsp3) is 0.250. The molecule has 0 aliphatic rings. The molecule has 120 valence electrons. The first-order valence-electron chi connectivity index (χ1n) is 7.22. The Hall–Kier alpha value is -2.54. The van der Waals surface area contributed by atoms with Crippen LogP contribution in [0.15, 0.2) is 47.3 Å². The minimum absolute atomic E-state index is 0.193. The molecule has 0 aliphatic heterocycles. The number of nitrogens with zero attached hydrogens (tertiary/aromatic N) is 3. The number of hydrogen-bond donors (Lipinski definition) is 1. The fourth-order valence-electron chi connectivity index (χ4n) is 2.18. The van der Waals surface area contributed by atoms with Crippen LogP contribution in [0.1, 0.15) is 12.6 Å². The van der Waals surface area contributed by atoms with Crippen LogP contribution in [0.5, 0.6) is 0 Å². The summed E-state index contributed by atoms with van der Waals surface area (Å²) < 4.78 is 33.3. The molecule has 7 heteroatoms. The zero-order valence-corrected chi connectivity index (χ0v) is 12.5. The van der Waals surface area contributed by atoms with E-state index in [-0.39, 0.29) is 11.9 Å². The first-order chi connectivity index (χ1) is 11.1.